The number of primary amides is 1. The van der Waals surface area contributed by atoms with Crippen LogP contribution >= 0.6 is 0 Å². The Kier molecular flexibility index (Phi) is 4.43. The maximum atomic E-state index is 15.5. The summed E-state index contributed by atoms with van der Waals surface area (Å²) in [6.07, 6.45) is 4.93. The van der Waals surface area contributed by atoms with Crippen LogP contribution < -0.4 is 11.1 Å². The van der Waals surface area contributed by atoms with E-state index < -0.39 is 5.91 Å². The number of benzene rings is 2. The lowest BCUT2D eigenvalue weighted by molar-refractivity contribution is 0.100. The number of H-pyrrole nitrogens is 1. The first-order chi connectivity index (χ1) is 14.1. The number of aromatic amines is 1. The van der Waals surface area contributed by atoms with Crippen molar-refractivity contribution in [1.82, 2.24) is 10.3 Å². The number of aryl methyl sites for hydroxylation is 1. The molecule has 1 amide bonds. The molecule has 5 rings (SSSR count). The summed E-state index contributed by atoms with van der Waals surface area (Å²) in [5.74, 6) is -0.334. The Balaban J connectivity index is 1.83. The van der Waals surface area contributed by atoms with Crippen LogP contribution in [0.5, 0.6) is 0 Å². The number of hydrogen-bond donors (Lipinski definition) is 3. The molecular weight excluding hydrogens is 365 g/mol. The molecule has 3 aromatic rings. The van der Waals surface area contributed by atoms with E-state index in [9.17, 15) is 4.79 Å². The number of hydrogen-bond acceptors (Lipinski definition) is 2. The zero-order valence-corrected chi connectivity index (χ0v) is 16.7. The van der Waals surface area contributed by atoms with Gasteiger partial charge in [0, 0.05) is 23.2 Å². The molecule has 4 N–H and O–H groups in total. The molecule has 0 fully saturated rings. The van der Waals surface area contributed by atoms with Gasteiger partial charge in [0.05, 0.1) is 11.1 Å². The predicted octanol–water partition coefficient (Wildman–Crippen LogP) is 4.23. The van der Waals surface area contributed by atoms with Gasteiger partial charge in [-0.2, -0.15) is 0 Å². The molecule has 150 valence electrons. The molecule has 0 saturated carbocycles. The smallest absolute Gasteiger partial charge is 0.250 e. The number of aromatic nitrogens is 1. The van der Waals surface area contributed by atoms with Gasteiger partial charge < -0.3 is 16.0 Å². The molecule has 2 heterocycles. The van der Waals surface area contributed by atoms with Crippen molar-refractivity contribution in [2.24, 2.45) is 11.7 Å². The fourth-order valence-corrected chi connectivity index (χ4v) is 5.22. The number of nitrogens with one attached hydrogen (secondary N) is 2. The van der Waals surface area contributed by atoms with Crippen molar-refractivity contribution in [2.75, 3.05) is 6.54 Å². The summed E-state index contributed by atoms with van der Waals surface area (Å²) < 4.78 is 15.5. The minimum atomic E-state index is -0.592. The van der Waals surface area contributed by atoms with Gasteiger partial charge in [-0.05, 0) is 66.5 Å². The molecule has 4 nitrogen and oxygen atoms in total. The molecule has 0 spiro atoms. The van der Waals surface area contributed by atoms with Crippen molar-refractivity contribution in [3.8, 4) is 11.1 Å². The predicted molar refractivity (Wildman–Crippen MR) is 113 cm³/mol. The van der Waals surface area contributed by atoms with Gasteiger partial charge in [-0.1, -0.05) is 31.5 Å². The summed E-state index contributed by atoms with van der Waals surface area (Å²) in [4.78, 5) is 15.6. The summed E-state index contributed by atoms with van der Waals surface area (Å²) in [6, 6.07) is 7.44. The minimum Gasteiger partial charge on any atom is -0.366 e. The number of fused-ring (bicyclic) bond motifs is 4. The molecule has 0 saturated heterocycles. The van der Waals surface area contributed by atoms with Gasteiger partial charge in [-0.3, -0.25) is 4.79 Å². The van der Waals surface area contributed by atoms with Crippen LogP contribution in [0.15, 0.2) is 24.3 Å². The second kappa shape index (κ2) is 6.99. The molecule has 1 aliphatic heterocycles. The molecule has 1 aromatic heterocycles. The third-order valence-corrected chi connectivity index (χ3v) is 6.77. The Bertz CT molecular complexity index is 1130. The largest absolute Gasteiger partial charge is 0.366 e. The van der Waals surface area contributed by atoms with Crippen molar-refractivity contribution in [3.05, 3.63) is 58.0 Å². The maximum absolute atomic E-state index is 15.5. The Labute approximate surface area is 169 Å². The third-order valence-electron chi connectivity index (χ3n) is 6.77. The quantitative estimate of drug-likeness (QED) is 0.625. The summed E-state index contributed by atoms with van der Waals surface area (Å²) in [5, 5.41) is 4.25. The first-order valence-electron chi connectivity index (χ1n) is 10.6. The molecule has 1 atom stereocenters. The number of nitrogens with two attached hydrogens (primary N) is 1. The maximum Gasteiger partial charge on any atom is 0.250 e. The van der Waals surface area contributed by atoms with Crippen molar-refractivity contribution >= 4 is 16.8 Å². The van der Waals surface area contributed by atoms with Crippen molar-refractivity contribution in [3.63, 3.8) is 0 Å². The van der Waals surface area contributed by atoms with Gasteiger partial charge in [0.25, 0.3) is 5.91 Å². The third kappa shape index (κ3) is 2.87. The second-order valence-corrected chi connectivity index (χ2v) is 8.36. The lowest BCUT2D eigenvalue weighted by atomic mass is 9.83. The average molecular weight is 391 g/mol. The number of rotatable bonds is 3. The Hall–Kier alpha value is -2.66. The Morgan fingerprint density at radius 3 is 2.93 bits per heavy atom. The first kappa shape index (κ1) is 18.4. The van der Waals surface area contributed by atoms with Crippen molar-refractivity contribution in [2.45, 2.75) is 45.6 Å². The molecule has 5 heteroatoms. The molecule has 2 aliphatic rings. The highest BCUT2D eigenvalue weighted by Crippen LogP contribution is 2.42. The van der Waals surface area contributed by atoms with E-state index in [1.807, 2.05) is 12.1 Å². The van der Waals surface area contributed by atoms with Gasteiger partial charge >= 0.3 is 0 Å². The van der Waals surface area contributed by atoms with Gasteiger partial charge in [-0.15, -0.1) is 0 Å². The van der Waals surface area contributed by atoms with Crippen LogP contribution in [0.4, 0.5) is 4.39 Å². The molecular formula is C24H26FN3O. The van der Waals surface area contributed by atoms with Crippen LogP contribution in [0.2, 0.25) is 0 Å². The fraction of sp³-hybridized carbons (Fsp3) is 0.375. The van der Waals surface area contributed by atoms with E-state index >= 15 is 4.39 Å². The number of amides is 1. The van der Waals surface area contributed by atoms with E-state index in [0.29, 0.717) is 17.0 Å². The highest BCUT2D eigenvalue weighted by molar-refractivity contribution is 6.11. The Morgan fingerprint density at radius 2 is 2.14 bits per heavy atom. The number of carbonyl (C=O) groups excluding carboxylic acids is 1. The zero-order valence-electron chi connectivity index (χ0n) is 16.7. The van der Waals surface area contributed by atoms with Gasteiger partial charge in [-0.25, -0.2) is 4.39 Å². The first-order valence-corrected chi connectivity index (χ1v) is 10.6. The monoisotopic (exact) mass is 391 g/mol. The molecule has 29 heavy (non-hydrogen) atoms. The van der Waals surface area contributed by atoms with Crippen LogP contribution in [-0.2, 0) is 25.8 Å². The highest BCUT2D eigenvalue weighted by Gasteiger charge is 2.28. The van der Waals surface area contributed by atoms with E-state index in [1.165, 1.54) is 17.2 Å². The summed E-state index contributed by atoms with van der Waals surface area (Å²) in [5.41, 5.74) is 12.9. The normalized spacial score (nSPS) is 18.5. The zero-order chi connectivity index (χ0) is 20.1. The molecule has 0 radical (unpaired) electrons. The van der Waals surface area contributed by atoms with E-state index in [2.05, 4.69) is 23.3 Å². The van der Waals surface area contributed by atoms with Crippen molar-refractivity contribution < 1.29 is 9.18 Å². The van der Waals surface area contributed by atoms with Gasteiger partial charge in [0.15, 0.2) is 0 Å². The summed E-state index contributed by atoms with van der Waals surface area (Å²) in [6.45, 7) is 3.90. The van der Waals surface area contributed by atoms with Gasteiger partial charge in [0.1, 0.15) is 5.82 Å². The highest BCUT2D eigenvalue weighted by atomic mass is 19.1. The Morgan fingerprint density at radius 1 is 1.28 bits per heavy atom. The SMILES string of the molecule is CC[C@H]1CCc2c([nH]c3c(C(N)=O)cc(F)c(-c4cccc5c4CCNC5)c23)C1. The van der Waals surface area contributed by atoms with E-state index in [-0.39, 0.29) is 11.4 Å². The van der Waals surface area contributed by atoms with Gasteiger partial charge in [0.2, 0.25) is 0 Å². The van der Waals surface area contributed by atoms with Crippen LogP contribution in [0.3, 0.4) is 0 Å². The van der Waals surface area contributed by atoms with E-state index in [4.69, 9.17) is 5.73 Å². The minimum absolute atomic E-state index is 0.246. The molecule has 2 aromatic carbocycles. The number of carbonyl (C=O) groups is 1. The van der Waals surface area contributed by atoms with Crippen LogP contribution in [0.25, 0.3) is 22.0 Å². The summed E-state index contributed by atoms with van der Waals surface area (Å²) in [7, 11) is 0. The molecule has 0 bridgehead atoms. The van der Waals surface area contributed by atoms with E-state index in [1.54, 1.807) is 0 Å². The lowest BCUT2D eigenvalue weighted by Gasteiger charge is -2.23. The van der Waals surface area contributed by atoms with E-state index in [0.717, 1.165) is 67.4 Å². The van der Waals surface area contributed by atoms with Crippen molar-refractivity contribution in [1.29, 1.82) is 0 Å². The summed E-state index contributed by atoms with van der Waals surface area (Å²) >= 11 is 0. The lowest BCUT2D eigenvalue weighted by Crippen LogP contribution is -2.24. The fourth-order valence-electron chi connectivity index (χ4n) is 5.22. The van der Waals surface area contributed by atoms with Crippen LogP contribution in [0.1, 0.15) is 52.5 Å². The molecule has 0 unspecified atom stereocenters. The van der Waals surface area contributed by atoms with Crippen LogP contribution in [-0.4, -0.2) is 17.4 Å². The topological polar surface area (TPSA) is 70.9 Å². The standard InChI is InChI=1S/C24H26FN3O/c1-2-13-6-7-17-20(10-13)28-23-18(24(26)29)11-19(25)21(22(17)23)16-5-3-4-14-12-27-9-8-15(14)16/h3-5,11,13,27-28H,2,6-10,12H2,1H3,(H2,26,29)/t13-/m0/s1. The number of halogens is 1. The second-order valence-electron chi connectivity index (χ2n) is 8.36. The molecule has 1 aliphatic carbocycles. The average Bonchev–Trinajstić information content (AvgIpc) is 3.11. The van der Waals surface area contributed by atoms with Crippen LogP contribution in [0, 0.1) is 11.7 Å².